The number of amides is 1. The van der Waals surface area contributed by atoms with Crippen LogP contribution in [0.2, 0.25) is 0 Å². The molecule has 0 spiro atoms. The highest BCUT2D eigenvalue weighted by Gasteiger charge is 2.25. The van der Waals surface area contributed by atoms with Crippen LogP contribution in [0.1, 0.15) is 40.4 Å². The third kappa shape index (κ3) is 4.88. The van der Waals surface area contributed by atoms with Crippen LogP contribution in [-0.4, -0.2) is 50.1 Å². The smallest absolute Gasteiger partial charge is 0.251 e. The zero-order chi connectivity index (χ0) is 23.5. The van der Waals surface area contributed by atoms with Gasteiger partial charge in [-0.1, -0.05) is 55.5 Å². The van der Waals surface area contributed by atoms with Crippen molar-refractivity contribution < 1.29 is 4.79 Å². The minimum absolute atomic E-state index is 0.0263. The second-order valence-electron chi connectivity index (χ2n) is 9.75. The Hall–Kier alpha value is -3.11. The number of carbonyl (C=O) groups is 1. The van der Waals surface area contributed by atoms with Crippen LogP contribution in [0.25, 0.3) is 11.1 Å². The average Bonchev–Trinajstić information content (AvgIpc) is 2.89. The number of carbonyl (C=O) groups excluding carboxylic acids is 1. The van der Waals surface area contributed by atoms with Gasteiger partial charge < -0.3 is 15.1 Å². The molecule has 176 valence electrons. The summed E-state index contributed by atoms with van der Waals surface area (Å²) in [5.74, 6) is 0.0263. The Balaban J connectivity index is 1.26. The number of piperazine rings is 1. The van der Waals surface area contributed by atoms with E-state index in [9.17, 15) is 4.79 Å². The predicted molar refractivity (Wildman–Crippen MR) is 141 cm³/mol. The van der Waals surface area contributed by atoms with Crippen molar-refractivity contribution in [1.29, 1.82) is 0 Å². The van der Waals surface area contributed by atoms with Crippen molar-refractivity contribution in [3.05, 3.63) is 89.0 Å². The van der Waals surface area contributed by atoms with E-state index in [0.29, 0.717) is 0 Å². The number of aryl methyl sites for hydroxylation is 2. The lowest BCUT2D eigenvalue weighted by Gasteiger charge is -2.37. The number of nitrogens with zero attached hydrogens (tertiary/aromatic N) is 2. The number of rotatable bonds is 5. The maximum absolute atomic E-state index is 13.1. The molecule has 1 aliphatic heterocycles. The summed E-state index contributed by atoms with van der Waals surface area (Å²) in [6, 6.07) is 23.6. The fraction of sp³-hybridized carbons (Fsp3) is 0.367. The summed E-state index contributed by atoms with van der Waals surface area (Å²) in [4.78, 5) is 18.0. The van der Waals surface area contributed by atoms with E-state index in [1.807, 2.05) is 12.1 Å². The molecule has 1 N–H and O–H groups in total. The molecule has 0 bridgehead atoms. The van der Waals surface area contributed by atoms with Gasteiger partial charge in [-0.25, -0.2) is 0 Å². The van der Waals surface area contributed by atoms with Crippen molar-refractivity contribution >= 4 is 11.6 Å². The lowest BCUT2D eigenvalue weighted by molar-refractivity contribution is 0.0933. The van der Waals surface area contributed by atoms with E-state index in [4.69, 9.17) is 0 Å². The maximum atomic E-state index is 13.1. The van der Waals surface area contributed by atoms with Crippen molar-refractivity contribution in [2.24, 2.45) is 0 Å². The van der Waals surface area contributed by atoms with Crippen LogP contribution in [-0.2, 0) is 19.3 Å². The Morgan fingerprint density at radius 1 is 0.912 bits per heavy atom. The van der Waals surface area contributed by atoms with Crippen LogP contribution in [0, 0.1) is 0 Å². The van der Waals surface area contributed by atoms with Crippen molar-refractivity contribution in [1.82, 2.24) is 10.2 Å². The first-order valence-corrected chi connectivity index (χ1v) is 12.6. The summed E-state index contributed by atoms with van der Waals surface area (Å²) >= 11 is 0. The van der Waals surface area contributed by atoms with Crippen LogP contribution in [0.3, 0.4) is 0 Å². The molecule has 1 fully saturated rings. The largest absolute Gasteiger partial charge is 0.369 e. The van der Waals surface area contributed by atoms with Crippen molar-refractivity contribution in [3.63, 3.8) is 0 Å². The molecular weight excluding hydrogens is 418 g/mol. The molecule has 0 saturated carbocycles. The number of nitrogens with one attached hydrogen (secondary N) is 1. The Labute approximate surface area is 203 Å². The van der Waals surface area contributed by atoms with Crippen LogP contribution < -0.4 is 10.2 Å². The topological polar surface area (TPSA) is 35.6 Å². The molecule has 4 nitrogen and oxygen atoms in total. The van der Waals surface area contributed by atoms with Crippen molar-refractivity contribution in [2.75, 3.05) is 38.1 Å². The van der Waals surface area contributed by atoms with Gasteiger partial charge >= 0.3 is 0 Å². The fourth-order valence-electron chi connectivity index (χ4n) is 5.25. The predicted octanol–water partition coefficient (Wildman–Crippen LogP) is 4.96. The van der Waals surface area contributed by atoms with Crippen LogP contribution >= 0.6 is 0 Å². The molecule has 1 atom stereocenters. The van der Waals surface area contributed by atoms with Crippen LogP contribution in [0.15, 0.2) is 66.7 Å². The highest BCUT2D eigenvalue weighted by Crippen LogP contribution is 2.31. The monoisotopic (exact) mass is 453 g/mol. The number of hydrogen-bond acceptors (Lipinski definition) is 3. The second kappa shape index (κ2) is 10.0. The molecule has 3 aromatic rings. The Bertz CT molecular complexity index is 1130. The van der Waals surface area contributed by atoms with Gasteiger partial charge in [0.2, 0.25) is 0 Å². The molecule has 5 rings (SSSR count). The van der Waals surface area contributed by atoms with Gasteiger partial charge in [0.1, 0.15) is 0 Å². The molecule has 4 heteroatoms. The van der Waals surface area contributed by atoms with Crippen LogP contribution in [0.5, 0.6) is 0 Å². The molecule has 1 amide bonds. The third-order valence-electron chi connectivity index (χ3n) is 7.48. The molecule has 1 heterocycles. The quantitative estimate of drug-likeness (QED) is 0.593. The van der Waals surface area contributed by atoms with Crippen LogP contribution in [0.4, 0.5) is 5.69 Å². The highest BCUT2D eigenvalue weighted by atomic mass is 16.1. The number of likely N-dealkylation sites (N-methyl/N-ethyl adjacent to an activating group) is 1. The minimum atomic E-state index is 0.0263. The van der Waals surface area contributed by atoms with Gasteiger partial charge in [0.05, 0.1) is 0 Å². The number of hydrogen-bond donors (Lipinski definition) is 1. The van der Waals surface area contributed by atoms with Gasteiger partial charge in [-0.2, -0.15) is 0 Å². The summed E-state index contributed by atoms with van der Waals surface area (Å²) in [6.45, 7) is 6.50. The van der Waals surface area contributed by atoms with Gasteiger partial charge in [-0.15, -0.1) is 0 Å². The highest BCUT2D eigenvalue weighted by molar-refractivity contribution is 5.95. The number of fused-ring (bicyclic) bond motifs is 1. The van der Waals surface area contributed by atoms with Gasteiger partial charge in [0.25, 0.3) is 5.91 Å². The average molecular weight is 454 g/mol. The first kappa shape index (κ1) is 22.7. The lowest BCUT2D eigenvalue weighted by atomic mass is 9.86. The Morgan fingerprint density at radius 2 is 1.59 bits per heavy atom. The van der Waals surface area contributed by atoms with E-state index in [1.165, 1.54) is 27.9 Å². The second-order valence-corrected chi connectivity index (χ2v) is 9.75. The molecule has 1 aliphatic carbocycles. The molecular formula is C30H35N3O. The van der Waals surface area contributed by atoms with Gasteiger partial charge in [-0.05, 0) is 78.7 Å². The van der Waals surface area contributed by atoms with Crippen molar-refractivity contribution in [2.45, 2.75) is 38.6 Å². The molecule has 0 radical (unpaired) electrons. The molecule has 3 aromatic carbocycles. The SMILES string of the molecule is CCc1ccc(-c2ccc(C(=O)NC3CCc4cccc(N5CCN(C)CC5)c4C3)cc2)cc1. The van der Waals surface area contributed by atoms with Gasteiger partial charge in [0.15, 0.2) is 0 Å². The van der Waals surface area contributed by atoms with E-state index in [0.717, 1.165) is 63.0 Å². The summed E-state index contributed by atoms with van der Waals surface area (Å²) in [6.07, 6.45) is 3.97. The molecule has 34 heavy (non-hydrogen) atoms. The third-order valence-corrected chi connectivity index (χ3v) is 7.48. The lowest BCUT2D eigenvalue weighted by Crippen LogP contribution is -2.45. The zero-order valence-corrected chi connectivity index (χ0v) is 20.4. The molecule has 1 unspecified atom stereocenters. The molecule has 2 aliphatic rings. The number of benzene rings is 3. The molecule has 1 saturated heterocycles. The minimum Gasteiger partial charge on any atom is -0.369 e. The van der Waals surface area contributed by atoms with E-state index >= 15 is 0 Å². The summed E-state index contributed by atoms with van der Waals surface area (Å²) < 4.78 is 0. The van der Waals surface area contributed by atoms with E-state index in [-0.39, 0.29) is 11.9 Å². The summed E-state index contributed by atoms with van der Waals surface area (Å²) in [7, 11) is 2.19. The number of anilines is 1. The maximum Gasteiger partial charge on any atom is 0.251 e. The van der Waals surface area contributed by atoms with Crippen molar-refractivity contribution in [3.8, 4) is 11.1 Å². The van der Waals surface area contributed by atoms with E-state index < -0.39 is 0 Å². The summed E-state index contributed by atoms with van der Waals surface area (Å²) in [5.41, 5.74) is 8.63. The fourth-order valence-corrected chi connectivity index (χ4v) is 5.25. The van der Waals surface area contributed by atoms with E-state index in [1.54, 1.807) is 0 Å². The van der Waals surface area contributed by atoms with Gasteiger partial charge in [0, 0.05) is 43.5 Å². The summed E-state index contributed by atoms with van der Waals surface area (Å²) in [5, 5.41) is 3.32. The first-order valence-electron chi connectivity index (χ1n) is 12.6. The molecule has 0 aromatic heterocycles. The standard InChI is InChI=1S/C30H35N3O/c1-3-22-7-9-23(10-8-22)24-11-13-26(14-12-24)30(34)31-27-16-15-25-5-4-6-29(28(25)21-27)33-19-17-32(2)18-20-33/h4-14,27H,3,15-21H2,1-2H3,(H,31,34). The first-order chi connectivity index (χ1) is 16.6. The van der Waals surface area contributed by atoms with Gasteiger partial charge in [-0.3, -0.25) is 4.79 Å². The Morgan fingerprint density at radius 3 is 2.26 bits per heavy atom. The Kier molecular flexibility index (Phi) is 6.68. The zero-order valence-electron chi connectivity index (χ0n) is 20.4. The van der Waals surface area contributed by atoms with E-state index in [2.05, 4.69) is 83.7 Å². The normalized spacial score (nSPS) is 18.4.